The van der Waals surface area contributed by atoms with Crippen molar-refractivity contribution >= 4 is 28.6 Å². The average molecular weight is 337 g/mol. The van der Waals surface area contributed by atoms with Gasteiger partial charge in [-0.25, -0.2) is 0 Å². The predicted molar refractivity (Wildman–Crippen MR) is 96.3 cm³/mol. The molecular weight excluding hydrogens is 318 g/mol. The minimum Gasteiger partial charge on any atom is -0.456 e. The summed E-state index contributed by atoms with van der Waals surface area (Å²) in [6, 6.07) is 12.1. The van der Waals surface area contributed by atoms with Crippen LogP contribution in [0.25, 0.3) is 22.0 Å². The number of anilines is 1. The molecule has 0 saturated carbocycles. The van der Waals surface area contributed by atoms with Gasteiger partial charge in [-0.05, 0) is 48.2 Å². The fourth-order valence-corrected chi connectivity index (χ4v) is 2.88. The zero-order chi connectivity index (χ0) is 18.0. The standard InChI is InChI=1S/C19H19N3O3/c1-11-5-4-6-12(2)18(11)14-7-8-15-16(9-14)21-22-19(15)20-17(24)10-25-13(3)23/h4-9H,10H2,1-3H3,(H2,20,21,22,24). The fraction of sp³-hybridized carbons (Fsp3) is 0.211. The fourth-order valence-electron chi connectivity index (χ4n) is 2.88. The Labute approximate surface area is 145 Å². The lowest BCUT2D eigenvalue weighted by Gasteiger charge is -2.10. The van der Waals surface area contributed by atoms with E-state index < -0.39 is 11.9 Å². The maximum atomic E-state index is 11.8. The third-order valence-corrected chi connectivity index (χ3v) is 4.00. The molecule has 0 aliphatic carbocycles. The zero-order valence-electron chi connectivity index (χ0n) is 14.3. The van der Waals surface area contributed by atoms with Gasteiger partial charge in [0.2, 0.25) is 0 Å². The molecule has 0 spiro atoms. The molecule has 6 nitrogen and oxygen atoms in total. The predicted octanol–water partition coefficient (Wildman–Crippen LogP) is 3.35. The molecule has 2 aromatic carbocycles. The van der Waals surface area contributed by atoms with E-state index in [0.29, 0.717) is 5.82 Å². The zero-order valence-corrected chi connectivity index (χ0v) is 14.3. The molecule has 3 rings (SSSR count). The second-order valence-electron chi connectivity index (χ2n) is 5.93. The molecule has 0 aliphatic heterocycles. The molecule has 1 amide bonds. The molecule has 6 heteroatoms. The van der Waals surface area contributed by atoms with E-state index in [1.807, 2.05) is 24.3 Å². The first-order valence-electron chi connectivity index (χ1n) is 7.93. The Morgan fingerprint density at radius 3 is 2.56 bits per heavy atom. The summed E-state index contributed by atoms with van der Waals surface area (Å²) in [7, 11) is 0. The first kappa shape index (κ1) is 16.7. The molecule has 1 heterocycles. The molecule has 2 N–H and O–H groups in total. The van der Waals surface area contributed by atoms with E-state index in [-0.39, 0.29) is 6.61 Å². The third-order valence-electron chi connectivity index (χ3n) is 4.00. The first-order chi connectivity index (χ1) is 12.0. The number of nitrogens with zero attached hydrogens (tertiary/aromatic N) is 1. The van der Waals surface area contributed by atoms with Gasteiger partial charge in [-0.15, -0.1) is 0 Å². The van der Waals surface area contributed by atoms with Crippen molar-refractivity contribution in [1.29, 1.82) is 0 Å². The van der Waals surface area contributed by atoms with Crippen molar-refractivity contribution in [2.75, 3.05) is 11.9 Å². The average Bonchev–Trinajstić information content (AvgIpc) is 2.95. The third kappa shape index (κ3) is 3.52. The lowest BCUT2D eigenvalue weighted by Crippen LogP contribution is -2.20. The number of amides is 1. The summed E-state index contributed by atoms with van der Waals surface area (Å²) in [5.41, 5.74) is 5.51. The van der Waals surface area contributed by atoms with Crippen LogP contribution in [-0.2, 0) is 14.3 Å². The Kier molecular flexibility index (Phi) is 4.52. The van der Waals surface area contributed by atoms with Crippen LogP contribution in [-0.4, -0.2) is 28.7 Å². The highest BCUT2D eigenvalue weighted by molar-refractivity contribution is 6.01. The van der Waals surface area contributed by atoms with Crippen LogP contribution in [0.5, 0.6) is 0 Å². The number of fused-ring (bicyclic) bond motifs is 1. The van der Waals surface area contributed by atoms with Crippen molar-refractivity contribution in [1.82, 2.24) is 10.2 Å². The Bertz CT molecular complexity index is 939. The van der Waals surface area contributed by atoms with Gasteiger partial charge in [0.25, 0.3) is 5.91 Å². The maximum Gasteiger partial charge on any atom is 0.303 e. The Hall–Kier alpha value is -3.15. The minimum absolute atomic E-state index is 0.329. The number of carbonyl (C=O) groups is 2. The molecular formula is C19H19N3O3. The number of benzene rings is 2. The number of aryl methyl sites for hydroxylation is 2. The van der Waals surface area contributed by atoms with Crippen molar-refractivity contribution in [2.45, 2.75) is 20.8 Å². The Balaban J connectivity index is 1.89. The van der Waals surface area contributed by atoms with Gasteiger partial charge < -0.3 is 10.1 Å². The summed E-state index contributed by atoms with van der Waals surface area (Å²) in [6.45, 7) is 5.09. The summed E-state index contributed by atoms with van der Waals surface area (Å²) >= 11 is 0. The summed E-state index contributed by atoms with van der Waals surface area (Å²) in [6.07, 6.45) is 0. The van der Waals surface area contributed by atoms with Crippen LogP contribution in [0, 0.1) is 13.8 Å². The molecule has 3 aromatic rings. The number of aromatic nitrogens is 2. The molecule has 0 unspecified atom stereocenters. The van der Waals surface area contributed by atoms with Crippen LogP contribution < -0.4 is 5.32 Å². The van der Waals surface area contributed by atoms with Gasteiger partial charge in [-0.1, -0.05) is 24.3 Å². The second kappa shape index (κ2) is 6.76. The maximum absolute atomic E-state index is 11.8. The number of nitrogens with one attached hydrogen (secondary N) is 2. The number of hydrogen-bond acceptors (Lipinski definition) is 4. The van der Waals surface area contributed by atoms with Crippen LogP contribution >= 0.6 is 0 Å². The molecule has 0 bridgehead atoms. The molecule has 0 saturated heterocycles. The van der Waals surface area contributed by atoms with Gasteiger partial charge in [0.05, 0.1) is 5.52 Å². The molecule has 0 fully saturated rings. The molecule has 0 aliphatic rings. The highest BCUT2D eigenvalue weighted by Crippen LogP contribution is 2.31. The first-order valence-corrected chi connectivity index (χ1v) is 7.93. The second-order valence-corrected chi connectivity index (χ2v) is 5.93. The lowest BCUT2D eigenvalue weighted by molar-refractivity contribution is -0.144. The smallest absolute Gasteiger partial charge is 0.303 e. The number of hydrogen-bond donors (Lipinski definition) is 2. The van der Waals surface area contributed by atoms with E-state index in [9.17, 15) is 9.59 Å². The number of H-pyrrole nitrogens is 1. The van der Waals surface area contributed by atoms with Crippen LogP contribution in [0.15, 0.2) is 36.4 Å². The van der Waals surface area contributed by atoms with Gasteiger partial charge in [-0.2, -0.15) is 5.10 Å². The number of aromatic amines is 1. The number of rotatable bonds is 4. The monoisotopic (exact) mass is 337 g/mol. The summed E-state index contributed by atoms with van der Waals surface area (Å²) in [5, 5.41) is 10.5. The Morgan fingerprint density at radius 2 is 1.88 bits per heavy atom. The largest absolute Gasteiger partial charge is 0.456 e. The van der Waals surface area contributed by atoms with Crippen molar-refractivity contribution in [3.8, 4) is 11.1 Å². The quantitative estimate of drug-likeness (QED) is 0.715. The topological polar surface area (TPSA) is 84.1 Å². The molecule has 128 valence electrons. The van der Waals surface area contributed by atoms with Crippen molar-refractivity contribution in [2.24, 2.45) is 0 Å². The SMILES string of the molecule is CC(=O)OCC(=O)Nc1n[nH]c2cc(-c3c(C)cccc3C)ccc12. The summed E-state index contributed by atoms with van der Waals surface area (Å²) in [4.78, 5) is 22.6. The number of esters is 1. The van der Waals surface area contributed by atoms with Gasteiger partial charge in [-0.3, -0.25) is 14.7 Å². The van der Waals surface area contributed by atoms with E-state index in [4.69, 9.17) is 0 Å². The van der Waals surface area contributed by atoms with E-state index in [2.05, 4.69) is 46.2 Å². The van der Waals surface area contributed by atoms with Crippen LogP contribution in [0.1, 0.15) is 18.1 Å². The summed E-state index contributed by atoms with van der Waals surface area (Å²) in [5.74, 6) is -0.511. The summed E-state index contributed by atoms with van der Waals surface area (Å²) < 4.78 is 4.68. The number of ether oxygens (including phenoxy) is 1. The van der Waals surface area contributed by atoms with Gasteiger partial charge in [0.1, 0.15) is 0 Å². The minimum atomic E-state index is -0.500. The van der Waals surface area contributed by atoms with Crippen LogP contribution in [0.3, 0.4) is 0 Å². The highest BCUT2D eigenvalue weighted by atomic mass is 16.5. The van der Waals surface area contributed by atoms with Gasteiger partial charge >= 0.3 is 5.97 Å². The van der Waals surface area contributed by atoms with E-state index in [0.717, 1.165) is 16.5 Å². The highest BCUT2D eigenvalue weighted by Gasteiger charge is 2.12. The normalized spacial score (nSPS) is 10.7. The van der Waals surface area contributed by atoms with Crippen molar-refractivity contribution < 1.29 is 14.3 Å². The van der Waals surface area contributed by atoms with Gasteiger partial charge in [0, 0.05) is 12.3 Å². The van der Waals surface area contributed by atoms with Gasteiger partial charge in [0.15, 0.2) is 12.4 Å². The van der Waals surface area contributed by atoms with E-state index in [1.54, 1.807) is 0 Å². The van der Waals surface area contributed by atoms with Crippen molar-refractivity contribution in [3.63, 3.8) is 0 Å². The van der Waals surface area contributed by atoms with E-state index >= 15 is 0 Å². The van der Waals surface area contributed by atoms with Crippen molar-refractivity contribution in [3.05, 3.63) is 47.5 Å². The lowest BCUT2D eigenvalue weighted by atomic mass is 9.95. The number of carbonyl (C=O) groups excluding carboxylic acids is 2. The molecule has 1 aromatic heterocycles. The molecule has 25 heavy (non-hydrogen) atoms. The molecule has 0 atom stereocenters. The van der Waals surface area contributed by atoms with Crippen LogP contribution in [0.2, 0.25) is 0 Å². The molecule has 0 radical (unpaired) electrons. The van der Waals surface area contributed by atoms with E-state index in [1.165, 1.54) is 23.6 Å². The Morgan fingerprint density at radius 1 is 1.16 bits per heavy atom. The van der Waals surface area contributed by atoms with Crippen LogP contribution in [0.4, 0.5) is 5.82 Å².